The van der Waals surface area contributed by atoms with Crippen LogP contribution >= 0.6 is 0 Å². The van der Waals surface area contributed by atoms with Crippen LogP contribution in [0.5, 0.6) is 0 Å². The molecule has 1 heterocycles. The van der Waals surface area contributed by atoms with Gasteiger partial charge in [-0.05, 0) is 63.6 Å². The van der Waals surface area contributed by atoms with E-state index in [1.165, 1.54) is 19.9 Å². The Kier molecular flexibility index (Phi) is 5.98. The van der Waals surface area contributed by atoms with Gasteiger partial charge in [-0.1, -0.05) is 6.07 Å². The van der Waals surface area contributed by atoms with Crippen molar-refractivity contribution in [1.82, 2.24) is 5.32 Å². The van der Waals surface area contributed by atoms with Gasteiger partial charge in [0.1, 0.15) is 0 Å². The molecule has 1 amide bonds. The van der Waals surface area contributed by atoms with Crippen molar-refractivity contribution < 1.29 is 31.1 Å². The molecule has 1 saturated carbocycles. The Morgan fingerprint density at radius 1 is 1.20 bits per heavy atom. The molecule has 0 spiro atoms. The van der Waals surface area contributed by atoms with E-state index in [9.17, 15) is 26.4 Å². The highest BCUT2D eigenvalue weighted by atomic mass is 32.2. The number of nitrogens with one attached hydrogen (secondary N) is 1. The van der Waals surface area contributed by atoms with E-state index in [1.54, 1.807) is 0 Å². The van der Waals surface area contributed by atoms with Crippen LogP contribution in [0.15, 0.2) is 29.2 Å². The molecular weight excluding hydrogens is 421 g/mol. The summed E-state index contributed by atoms with van der Waals surface area (Å²) in [5, 5.41) is 2.89. The summed E-state index contributed by atoms with van der Waals surface area (Å²) in [5.74, 6) is -0.571. The molecule has 168 valence electrons. The molecule has 30 heavy (non-hydrogen) atoms. The Morgan fingerprint density at radius 2 is 1.80 bits per heavy atom. The number of nitrogens with two attached hydrogens (primary N) is 1. The zero-order valence-corrected chi connectivity index (χ0v) is 17.8. The Morgan fingerprint density at radius 3 is 2.37 bits per heavy atom. The molecule has 3 rings (SSSR count). The number of carbonyl (C=O) groups excluding carboxylic acids is 1. The van der Waals surface area contributed by atoms with Crippen LogP contribution in [0.2, 0.25) is 0 Å². The molecule has 0 unspecified atom stereocenters. The van der Waals surface area contributed by atoms with Crippen LogP contribution in [0, 0.1) is 5.92 Å². The maximum absolute atomic E-state index is 13.1. The number of sulfone groups is 1. The highest BCUT2D eigenvalue weighted by Crippen LogP contribution is 2.44. The van der Waals surface area contributed by atoms with Crippen molar-refractivity contribution in [1.29, 1.82) is 0 Å². The van der Waals surface area contributed by atoms with Gasteiger partial charge >= 0.3 is 6.18 Å². The van der Waals surface area contributed by atoms with Crippen molar-refractivity contribution in [2.75, 3.05) is 13.2 Å². The van der Waals surface area contributed by atoms with E-state index in [-0.39, 0.29) is 22.8 Å². The Balaban J connectivity index is 1.67. The lowest BCUT2D eigenvalue weighted by Crippen LogP contribution is -2.61. The number of amides is 1. The Bertz CT molecular complexity index is 903. The molecule has 1 saturated heterocycles. The lowest BCUT2D eigenvalue weighted by atomic mass is 9.72. The molecule has 6 nitrogen and oxygen atoms in total. The third kappa shape index (κ3) is 4.22. The average Bonchev–Trinajstić information content (AvgIpc) is 2.63. The molecule has 1 aromatic rings. The number of alkyl halides is 3. The van der Waals surface area contributed by atoms with Gasteiger partial charge in [-0.3, -0.25) is 4.79 Å². The second-order valence-corrected chi connectivity index (χ2v) is 11.3. The average molecular weight is 449 g/mol. The molecule has 3 N–H and O–H groups in total. The number of ether oxygens (including phenoxy) is 1. The maximum atomic E-state index is 13.1. The SMILES string of the molecule is CC(C)(C1CC(NC(=O)C2(N)CCOCC2)C1)S(=O)(=O)c1cccc(C(F)(F)F)c1. The normalized spacial score (nSPS) is 24.7. The zero-order valence-electron chi connectivity index (χ0n) is 17.0. The standard InChI is InChI=1S/C20H27F3N2O4S/c1-18(2,30(27,28)16-5-3-4-13(12-16)20(21,22)23)14-10-15(11-14)25-17(26)19(24)6-8-29-9-7-19/h3-5,12,14-15H,6-11,24H2,1-2H3,(H,25,26). The van der Waals surface area contributed by atoms with E-state index in [1.807, 2.05) is 0 Å². The van der Waals surface area contributed by atoms with Crippen molar-refractivity contribution in [2.24, 2.45) is 11.7 Å². The molecule has 0 bridgehead atoms. The van der Waals surface area contributed by atoms with Gasteiger partial charge in [-0.25, -0.2) is 8.42 Å². The first kappa shape index (κ1) is 23.0. The van der Waals surface area contributed by atoms with Gasteiger partial charge in [-0.15, -0.1) is 0 Å². The van der Waals surface area contributed by atoms with Crippen molar-refractivity contribution in [3.63, 3.8) is 0 Å². The molecule has 2 aliphatic rings. The maximum Gasteiger partial charge on any atom is 0.416 e. The van der Waals surface area contributed by atoms with E-state index in [0.717, 1.165) is 12.1 Å². The quantitative estimate of drug-likeness (QED) is 0.722. The third-order valence-corrected chi connectivity index (χ3v) is 9.05. The van der Waals surface area contributed by atoms with Crippen molar-refractivity contribution >= 4 is 15.7 Å². The van der Waals surface area contributed by atoms with E-state index in [0.29, 0.717) is 45.0 Å². The Hall–Kier alpha value is -1.65. The molecule has 2 fully saturated rings. The second kappa shape index (κ2) is 7.80. The number of carbonyl (C=O) groups is 1. The Labute approximate surface area is 174 Å². The number of halogens is 3. The fourth-order valence-electron chi connectivity index (χ4n) is 3.96. The highest BCUT2D eigenvalue weighted by molar-refractivity contribution is 7.92. The fraction of sp³-hybridized carbons (Fsp3) is 0.650. The first-order chi connectivity index (χ1) is 13.8. The largest absolute Gasteiger partial charge is 0.416 e. The van der Waals surface area contributed by atoms with Crippen molar-refractivity contribution in [2.45, 2.75) is 66.9 Å². The van der Waals surface area contributed by atoms with Gasteiger partial charge in [0.05, 0.1) is 20.7 Å². The third-order valence-electron chi connectivity index (χ3n) is 6.46. The minimum Gasteiger partial charge on any atom is -0.381 e. The van der Waals surface area contributed by atoms with Crippen LogP contribution in [0.25, 0.3) is 0 Å². The molecule has 0 radical (unpaired) electrons. The summed E-state index contributed by atoms with van der Waals surface area (Å²) >= 11 is 0. The van der Waals surface area contributed by atoms with Crippen LogP contribution in [0.1, 0.15) is 45.1 Å². The fourth-order valence-corrected chi connectivity index (χ4v) is 5.74. The smallest absolute Gasteiger partial charge is 0.381 e. The topological polar surface area (TPSA) is 98.5 Å². The van der Waals surface area contributed by atoms with Gasteiger partial charge in [-0.2, -0.15) is 13.2 Å². The summed E-state index contributed by atoms with van der Waals surface area (Å²) < 4.78 is 69.1. The molecule has 1 aromatic carbocycles. The summed E-state index contributed by atoms with van der Waals surface area (Å²) in [6, 6.07) is 3.61. The van der Waals surface area contributed by atoms with Crippen LogP contribution in [0.4, 0.5) is 13.2 Å². The second-order valence-electron chi connectivity index (χ2n) is 8.74. The number of hydrogen-bond acceptors (Lipinski definition) is 5. The molecule has 0 aromatic heterocycles. The predicted molar refractivity (Wildman–Crippen MR) is 104 cm³/mol. The zero-order chi connectivity index (χ0) is 22.4. The lowest BCUT2D eigenvalue weighted by molar-refractivity contribution is -0.137. The van der Waals surface area contributed by atoms with Gasteiger partial charge in [0.15, 0.2) is 9.84 Å². The molecular formula is C20H27F3N2O4S. The highest BCUT2D eigenvalue weighted by Gasteiger charge is 2.50. The summed E-state index contributed by atoms with van der Waals surface area (Å²) in [6.07, 6.45) is -2.94. The van der Waals surface area contributed by atoms with Gasteiger partial charge in [0, 0.05) is 19.3 Å². The van der Waals surface area contributed by atoms with Crippen LogP contribution in [-0.2, 0) is 25.5 Å². The molecule has 1 aliphatic carbocycles. The predicted octanol–water partition coefficient (Wildman–Crippen LogP) is 2.66. The molecule has 0 atom stereocenters. The first-order valence-corrected chi connectivity index (χ1v) is 11.4. The van der Waals surface area contributed by atoms with Gasteiger partial charge < -0.3 is 15.8 Å². The summed E-state index contributed by atoms with van der Waals surface area (Å²) in [5.41, 5.74) is 4.18. The lowest BCUT2D eigenvalue weighted by Gasteiger charge is -2.46. The first-order valence-electron chi connectivity index (χ1n) is 9.87. The van der Waals surface area contributed by atoms with E-state index in [4.69, 9.17) is 10.5 Å². The van der Waals surface area contributed by atoms with Crippen LogP contribution in [-0.4, -0.2) is 43.9 Å². The minimum atomic E-state index is -4.62. The van der Waals surface area contributed by atoms with E-state index in [2.05, 4.69) is 5.32 Å². The number of hydrogen-bond donors (Lipinski definition) is 2. The molecule has 1 aliphatic heterocycles. The van der Waals surface area contributed by atoms with Crippen molar-refractivity contribution in [3.8, 4) is 0 Å². The van der Waals surface area contributed by atoms with Gasteiger partial charge in [0.2, 0.25) is 5.91 Å². The minimum absolute atomic E-state index is 0.207. The van der Waals surface area contributed by atoms with Crippen LogP contribution in [0.3, 0.4) is 0 Å². The summed E-state index contributed by atoms with van der Waals surface area (Å²) in [7, 11) is -4.02. The number of benzene rings is 1. The van der Waals surface area contributed by atoms with E-state index >= 15 is 0 Å². The molecule has 10 heteroatoms. The summed E-state index contributed by atoms with van der Waals surface area (Å²) in [4.78, 5) is 12.2. The van der Waals surface area contributed by atoms with Gasteiger partial charge in [0.25, 0.3) is 0 Å². The number of rotatable bonds is 5. The monoisotopic (exact) mass is 448 g/mol. The summed E-state index contributed by atoms with van der Waals surface area (Å²) in [6.45, 7) is 3.88. The van der Waals surface area contributed by atoms with E-state index < -0.39 is 31.9 Å². The van der Waals surface area contributed by atoms with Crippen molar-refractivity contribution in [3.05, 3.63) is 29.8 Å². The van der Waals surface area contributed by atoms with Crippen LogP contribution < -0.4 is 11.1 Å².